The lowest BCUT2D eigenvalue weighted by atomic mass is 10.1. The van der Waals surface area contributed by atoms with Gasteiger partial charge in [0.1, 0.15) is 16.7 Å². The van der Waals surface area contributed by atoms with Crippen molar-refractivity contribution < 1.29 is 13.6 Å². The minimum Gasteiger partial charge on any atom is -0.305 e. The van der Waals surface area contributed by atoms with Crippen LogP contribution in [0, 0.1) is 18.6 Å². The highest BCUT2D eigenvalue weighted by Gasteiger charge is 2.12. The van der Waals surface area contributed by atoms with Crippen LogP contribution in [-0.4, -0.2) is 21.1 Å². The second-order valence-electron chi connectivity index (χ2n) is 5.43. The number of nitrogens with one attached hydrogen (secondary N) is 2. The number of carbonyl (C=O) groups is 1. The highest BCUT2D eigenvalue weighted by atomic mass is 35.5. The molecule has 3 rings (SSSR count). The largest absolute Gasteiger partial charge is 0.305 e. The summed E-state index contributed by atoms with van der Waals surface area (Å²) in [5.41, 5.74) is 2.57. The Labute approximate surface area is 152 Å². The molecule has 2 N–H and O–H groups in total. The molecule has 8 heteroatoms. The summed E-state index contributed by atoms with van der Waals surface area (Å²) in [6, 6.07) is 5.71. The Balaban J connectivity index is 1.74. The van der Waals surface area contributed by atoms with Gasteiger partial charge >= 0.3 is 0 Å². The van der Waals surface area contributed by atoms with E-state index in [9.17, 15) is 13.6 Å². The van der Waals surface area contributed by atoms with Gasteiger partial charge in [-0.3, -0.25) is 14.9 Å². The molecule has 0 aliphatic heterocycles. The average molecular weight is 375 g/mol. The molecule has 0 bridgehead atoms. The smallest absolute Gasteiger partial charge is 0.249 e. The standard InChI is InChI=1S/C18H13ClF2N4O/c1-10-17(12-4-6-22-7-5-12)24-25-18(10)23-15(26)3-2-11-8-13(20)16(19)14(21)9-11/h2-9H,1H3,(H2,23,24,25,26). The third-order valence-corrected chi connectivity index (χ3v) is 4.01. The summed E-state index contributed by atoms with van der Waals surface area (Å²) in [7, 11) is 0. The lowest BCUT2D eigenvalue weighted by molar-refractivity contribution is -0.111. The minimum absolute atomic E-state index is 0.177. The third kappa shape index (κ3) is 3.78. The molecule has 5 nitrogen and oxygen atoms in total. The molecule has 1 amide bonds. The first-order valence-corrected chi connectivity index (χ1v) is 7.92. The molecule has 0 saturated heterocycles. The van der Waals surface area contributed by atoms with E-state index in [-0.39, 0.29) is 5.56 Å². The van der Waals surface area contributed by atoms with E-state index in [2.05, 4.69) is 20.5 Å². The zero-order chi connectivity index (χ0) is 18.7. The van der Waals surface area contributed by atoms with Crippen LogP contribution in [0.2, 0.25) is 5.02 Å². The summed E-state index contributed by atoms with van der Waals surface area (Å²) >= 11 is 5.42. The molecule has 0 spiro atoms. The fraction of sp³-hybridized carbons (Fsp3) is 0.0556. The van der Waals surface area contributed by atoms with Gasteiger partial charge in [-0.05, 0) is 42.8 Å². The number of hydrogen-bond donors (Lipinski definition) is 2. The fourth-order valence-electron chi connectivity index (χ4n) is 2.32. The predicted molar refractivity (Wildman–Crippen MR) is 95.6 cm³/mol. The monoisotopic (exact) mass is 374 g/mol. The lowest BCUT2D eigenvalue weighted by Crippen LogP contribution is -2.09. The first kappa shape index (κ1) is 17.8. The van der Waals surface area contributed by atoms with Crippen LogP contribution in [0.15, 0.2) is 42.7 Å². The van der Waals surface area contributed by atoms with Crippen molar-refractivity contribution in [3.8, 4) is 11.3 Å². The van der Waals surface area contributed by atoms with Gasteiger partial charge in [0.05, 0.1) is 5.69 Å². The van der Waals surface area contributed by atoms with Gasteiger partial charge in [-0.25, -0.2) is 8.78 Å². The molecule has 0 saturated carbocycles. The van der Waals surface area contributed by atoms with Crippen molar-refractivity contribution in [2.45, 2.75) is 6.92 Å². The Morgan fingerprint density at radius 3 is 2.54 bits per heavy atom. The number of aromatic amines is 1. The Morgan fingerprint density at radius 1 is 1.23 bits per heavy atom. The number of aromatic nitrogens is 3. The van der Waals surface area contributed by atoms with E-state index in [1.165, 1.54) is 6.08 Å². The van der Waals surface area contributed by atoms with Gasteiger partial charge in [0, 0.05) is 29.6 Å². The number of amides is 1. The zero-order valence-electron chi connectivity index (χ0n) is 13.6. The van der Waals surface area contributed by atoms with E-state index in [0.29, 0.717) is 5.82 Å². The Hall–Kier alpha value is -3.06. The SMILES string of the molecule is Cc1c(NC(=O)C=Cc2cc(F)c(Cl)c(F)c2)n[nH]c1-c1ccncc1. The van der Waals surface area contributed by atoms with Crippen molar-refractivity contribution in [3.63, 3.8) is 0 Å². The fourth-order valence-corrected chi connectivity index (χ4v) is 2.43. The summed E-state index contributed by atoms with van der Waals surface area (Å²) in [6.07, 6.45) is 5.74. The van der Waals surface area contributed by atoms with Crippen LogP contribution in [0.25, 0.3) is 17.3 Å². The topological polar surface area (TPSA) is 70.7 Å². The van der Waals surface area contributed by atoms with Crippen LogP contribution < -0.4 is 5.32 Å². The van der Waals surface area contributed by atoms with Crippen molar-refractivity contribution in [1.29, 1.82) is 0 Å². The van der Waals surface area contributed by atoms with Gasteiger partial charge in [-0.2, -0.15) is 5.10 Å². The number of nitrogens with zero attached hydrogens (tertiary/aromatic N) is 2. The number of benzene rings is 1. The van der Waals surface area contributed by atoms with Gasteiger partial charge in [0.15, 0.2) is 5.82 Å². The summed E-state index contributed by atoms with van der Waals surface area (Å²) in [6.45, 7) is 1.81. The molecule has 0 fully saturated rings. The van der Waals surface area contributed by atoms with Gasteiger partial charge in [0.2, 0.25) is 5.91 Å². The number of halogens is 3. The van der Waals surface area contributed by atoms with E-state index >= 15 is 0 Å². The molecular weight excluding hydrogens is 362 g/mol. The molecular formula is C18H13ClF2N4O. The highest BCUT2D eigenvalue weighted by molar-refractivity contribution is 6.30. The van der Waals surface area contributed by atoms with Gasteiger partial charge in [-0.1, -0.05) is 11.6 Å². The van der Waals surface area contributed by atoms with Crippen LogP contribution in [0.4, 0.5) is 14.6 Å². The molecule has 0 radical (unpaired) electrons. The summed E-state index contributed by atoms with van der Waals surface area (Å²) in [5.74, 6) is -1.91. The van der Waals surface area contributed by atoms with Crippen molar-refractivity contribution in [1.82, 2.24) is 15.2 Å². The van der Waals surface area contributed by atoms with E-state index in [1.807, 2.05) is 19.1 Å². The molecule has 3 aromatic rings. The van der Waals surface area contributed by atoms with Crippen LogP contribution in [0.3, 0.4) is 0 Å². The summed E-state index contributed by atoms with van der Waals surface area (Å²) < 4.78 is 26.8. The quantitative estimate of drug-likeness (QED) is 0.526. The Bertz CT molecular complexity index is 963. The van der Waals surface area contributed by atoms with Crippen molar-refractivity contribution in [2.75, 3.05) is 5.32 Å². The van der Waals surface area contributed by atoms with E-state index in [1.54, 1.807) is 12.4 Å². The first-order chi connectivity index (χ1) is 12.5. The van der Waals surface area contributed by atoms with Gasteiger partial charge in [-0.15, -0.1) is 0 Å². The molecule has 1 aromatic carbocycles. The zero-order valence-corrected chi connectivity index (χ0v) is 14.3. The second-order valence-corrected chi connectivity index (χ2v) is 5.81. The lowest BCUT2D eigenvalue weighted by Gasteiger charge is -2.02. The molecule has 26 heavy (non-hydrogen) atoms. The summed E-state index contributed by atoms with van der Waals surface area (Å²) in [5, 5.41) is 8.97. The molecule has 2 aromatic heterocycles. The minimum atomic E-state index is -0.892. The highest BCUT2D eigenvalue weighted by Crippen LogP contribution is 2.25. The predicted octanol–water partition coefficient (Wildman–Crippen LogP) is 4.36. The van der Waals surface area contributed by atoms with Crippen LogP contribution in [0.1, 0.15) is 11.1 Å². The van der Waals surface area contributed by atoms with E-state index < -0.39 is 22.6 Å². The van der Waals surface area contributed by atoms with E-state index in [0.717, 1.165) is 35.0 Å². The molecule has 0 unspecified atom stereocenters. The van der Waals surface area contributed by atoms with Crippen molar-refractivity contribution >= 4 is 29.4 Å². The maximum Gasteiger partial charge on any atom is 0.249 e. The number of hydrogen-bond acceptors (Lipinski definition) is 3. The summed E-state index contributed by atoms with van der Waals surface area (Å²) in [4.78, 5) is 16.0. The van der Waals surface area contributed by atoms with E-state index in [4.69, 9.17) is 11.6 Å². The van der Waals surface area contributed by atoms with Crippen molar-refractivity contribution in [2.24, 2.45) is 0 Å². The second kappa shape index (κ2) is 7.45. The molecule has 0 aliphatic rings. The third-order valence-electron chi connectivity index (χ3n) is 3.65. The van der Waals surface area contributed by atoms with Crippen LogP contribution in [-0.2, 0) is 4.79 Å². The molecule has 132 valence electrons. The Morgan fingerprint density at radius 2 is 1.88 bits per heavy atom. The number of anilines is 1. The normalized spacial score (nSPS) is 11.1. The van der Waals surface area contributed by atoms with Crippen LogP contribution in [0.5, 0.6) is 0 Å². The molecule has 0 atom stereocenters. The average Bonchev–Trinajstić information content (AvgIpc) is 2.99. The Kier molecular flexibility index (Phi) is 5.09. The number of carbonyl (C=O) groups excluding carboxylic acids is 1. The van der Waals surface area contributed by atoms with Gasteiger partial charge in [0.25, 0.3) is 0 Å². The molecule has 2 heterocycles. The van der Waals surface area contributed by atoms with Crippen LogP contribution >= 0.6 is 11.6 Å². The van der Waals surface area contributed by atoms with Gasteiger partial charge < -0.3 is 5.32 Å². The van der Waals surface area contributed by atoms with Crippen molar-refractivity contribution in [3.05, 3.63) is 70.5 Å². The number of pyridine rings is 1. The number of rotatable bonds is 4. The molecule has 0 aliphatic carbocycles. The maximum absolute atomic E-state index is 13.4. The maximum atomic E-state index is 13.4. The number of H-pyrrole nitrogens is 1. The first-order valence-electron chi connectivity index (χ1n) is 7.54.